The van der Waals surface area contributed by atoms with Crippen LogP contribution >= 0.6 is 11.6 Å². The molecule has 2 rings (SSSR count). The molecule has 0 aliphatic heterocycles. The Morgan fingerprint density at radius 2 is 1.80 bits per heavy atom. The van der Waals surface area contributed by atoms with Crippen molar-refractivity contribution in [3.05, 3.63) is 74.5 Å². The van der Waals surface area contributed by atoms with Crippen molar-refractivity contribution in [3.63, 3.8) is 0 Å². The first-order chi connectivity index (χ1) is 14.3. The fourth-order valence-electron chi connectivity index (χ4n) is 2.29. The minimum atomic E-state index is -0.861. The van der Waals surface area contributed by atoms with E-state index in [2.05, 4.69) is 10.6 Å². The molecule has 0 aliphatic carbocycles. The molecule has 0 aromatic heterocycles. The molecule has 0 unspecified atom stereocenters. The zero-order valence-electron chi connectivity index (χ0n) is 15.5. The Hall–Kier alpha value is -3.53. The average Bonchev–Trinajstić information content (AvgIpc) is 2.72. The second-order valence-electron chi connectivity index (χ2n) is 5.99. The summed E-state index contributed by atoms with van der Waals surface area (Å²) >= 11 is 5.67. The summed E-state index contributed by atoms with van der Waals surface area (Å²) < 4.78 is 17.6. The summed E-state index contributed by atoms with van der Waals surface area (Å²) in [5.74, 6) is -2.49. The number of hydrogen-bond acceptors (Lipinski definition) is 6. The number of rotatable bonds is 9. The number of carbonyl (C=O) groups excluding carboxylic acids is 3. The van der Waals surface area contributed by atoms with Gasteiger partial charge in [-0.05, 0) is 36.2 Å². The first kappa shape index (κ1) is 22.8. The van der Waals surface area contributed by atoms with Crippen LogP contribution in [0.2, 0.25) is 5.02 Å². The highest BCUT2D eigenvalue weighted by Gasteiger charge is 2.17. The number of halogens is 2. The lowest BCUT2D eigenvalue weighted by molar-refractivity contribution is -0.384. The number of nitro groups is 1. The lowest BCUT2D eigenvalue weighted by atomic mass is 10.1. The van der Waals surface area contributed by atoms with Crippen LogP contribution in [0.3, 0.4) is 0 Å². The first-order valence-corrected chi connectivity index (χ1v) is 9.03. The van der Waals surface area contributed by atoms with Gasteiger partial charge in [0.15, 0.2) is 6.61 Å². The van der Waals surface area contributed by atoms with Crippen molar-refractivity contribution >= 4 is 35.1 Å². The van der Waals surface area contributed by atoms with Crippen LogP contribution < -0.4 is 10.6 Å². The Morgan fingerprint density at radius 1 is 1.10 bits per heavy atom. The SMILES string of the molecule is O=C(COC(=O)CNC(=O)c1ccc(Cl)c([N+](=O)[O-])c1)NCCc1ccc(F)cc1. The van der Waals surface area contributed by atoms with E-state index >= 15 is 0 Å². The lowest BCUT2D eigenvalue weighted by Gasteiger charge is -2.08. The van der Waals surface area contributed by atoms with Crippen molar-refractivity contribution in [2.24, 2.45) is 0 Å². The fourth-order valence-corrected chi connectivity index (χ4v) is 2.48. The van der Waals surface area contributed by atoms with E-state index < -0.39 is 41.5 Å². The van der Waals surface area contributed by atoms with Crippen LogP contribution in [0, 0.1) is 15.9 Å². The third-order valence-electron chi connectivity index (χ3n) is 3.81. The van der Waals surface area contributed by atoms with Crippen LogP contribution in [0.15, 0.2) is 42.5 Å². The van der Waals surface area contributed by atoms with Crippen molar-refractivity contribution in [3.8, 4) is 0 Å². The maximum absolute atomic E-state index is 12.8. The monoisotopic (exact) mass is 437 g/mol. The maximum atomic E-state index is 12.8. The number of nitrogens with one attached hydrogen (secondary N) is 2. The van der Waals surface area contributed by atoms with Crippen molar-refractivity contribution in [1.82, 2.24) is 10.6 Å². The molecule has 2 N–H and O–H groups in total. The van der Waals surface area contributed by atoms with Crippen molar-refractivity contribution in [2.75, 3.05) is 19.7 Å². The number of amides is 2. The molecule has 0 saturated carbocycles. The number of ether oxygens (including phenoxy) is 1. The molecule has 158 valence electrons. The predicted molar refractivity (Wildman–Crippen MR) is 105 cm³/mol. The molecule has 0 spiro atoms. The Labute approximate surface area is 175 Å². The standard InChI is InChI=1S/C19H17ClFN3O6/c20-15-6-3-13(9-16(15)24(28)29)19(27)23-10-18(26)30-11-17(25)22-8-7-12-1-4-14(21)5-2-12/h1-6,9H,7-8,10-11H2,(H,22,25)(H,23,27). The Bertz CT molecular complexity index is 952. The minimum Gasteiger partial charge on any atom is -0.454 e. The van der Waals surface area contributed by atoms with Crippen molar-refractivity contribution in [2.45, 2.75) is 6.42 Å². The number of carbonyl (C=O) groups is 3. The topological polar surface area (TPSA) is 128 Å². The van der Waals surface area contributed by atoms with Gasteiger partial charge in [-0.1, -0.05) is 23.7 Å². The smallest absolute Gasteiger partial charge is 0.325 e. The van der Waals surface area contributed by atoms with Gasteiger partial charge in [0.1, 0.15) is 17.4 Å². The van der Waals surface area contributed by atoms with E-state index in [-0.39, 0.29) is 22.9 Å². The highest BCUT2D eigenvalue weighted by molar-refractivity contribution is 6.32. The fraction of sp³-hybridized carbons (Fsp3) is 0.211. The molecule has 30 heavy (non-hydrogen) atoms. The van der Waals surface area contributed by atoms with Crippen LogP contribution in [-0.2, 0) is 20.7 Å². The average molecular weight is 438 g/mol. The van der Waals surface area contributed by atoms with Gasteiger partial charge >= 0.3 is 5.97 Å². The molecule has 0 heterocycles. The first-order valence-electron chi connectivity index (χ1n) is 8.65. The van der Waals surface area contributed by atoms with Gasteiger partial charge in [0, 0.05) is 18.2 Å². The third kappa shape index (κ3) is 7.13. The lowest BCUT2D eigenvalue weighted by Crippen LogP contribution is -2.34. The number of nitro benzene ring substituents is 1. The Morgan fingerprint density at radius 3 is 2.47 bits per heavy atom. The van der Waals surface area contributed by atoms with Gasteiger partial charge in [-0.15, -0.1) is 0 Å². The van der Waals surface area contributed by atoms with Gasteiger partial charge in [-0.2, -0.15) is 0 Å². The molecule has 2 aromatic carbocycles. The van der Waals surface area contributed by atoms with Crippen molar-refractivity contribution in [1.29, 1.82) is 0 Å². The van der Waals surface area contributed by atoms with Gasteiger partial charge in [-0.3, -0.25) is 24.5 Å². The Balaban J connectivity index is 1.69. The summed E-state index contributed by atoms with van der Waals surface area (Å²) in [6.45, 7) is -0.795. The molecule has 0 bridgehead atoms. The zero-order valence-corrected chi connectivity index (χ0v) is 16.3. The summed E-state index contributed by atoms with van der Waals surface area (Å²) in [6, 6.07) is 9.27. The number of benzene rings is 2. The van der Waals surface area contributed by atoms with Crippen LogP contribution in [0.1, 0.15) is 15.9 Å². The van der Waals surface area contributed by atoms with Gasteiger partial charge in [-0.25, -0.2) is 4.39 Å². The van der Waals surface area contributed by atoms with Crippen LogP contribution in [0.5, 0.6) is 0 Å². The van der Waals surface area contributed by atoms with Gasteiger partial charge in [0.2, 0.25) is 0 Å². The highest BCUT2D eigenvalue weighted by atomic mass is 35.5. The van der Waals surface area contributed by atoms with Crippen molar-refractivity contribution < 1.29 is 28.4 Å². The summed E-state index contributed by atoms with van der Waals surface area (Å²) in [7, 11) is 0. The van der Waals surface area contributed by atoms with Crippen LogP contribution in [0.25, 0.3) is 0 Å². The van der Waals surface area contributed by atoms with E-state index in [1.165, 1.54) is 24.3 Å². The van der Waals surface area contributed by atoms with E-state index in [0.29, 0.717) is 6.42 Å². The van der Waals surface area contributed by atoms with Crippen LogP contribution in [0.4, 0.5) is 10.1 Å². The molecule has 11 heteroatoms. The minimum absolute atomic E-state index is 0.0579. The van der Waals surface area contributed by atoms with E-state index in [4.69, 9.17) is 16.3 Å². The maximum Gasteiger partial charge on any atom is 0.325 e. The van der Waals surface area contributed by atoms with Crippen LogP contribution in [-0.4, -0.2) is 42.4 Å². The molecule has 0 saturated heterocycles. The quantitative estimate of drug-likeness (QED) is 0.351. The molecule has 2 amide bonds. The summed E-state index contributed by atoms with van der Waals surface area (Å²) in [4.78, 5) is 45.4. The van der Waals surface area contributed by atoms with Gasteiger partial charge < -0.3 is 15.4 Å². The summed E-state index contributed by atoms with van der Waals surface area (Å²) in [5, 5.41) is 15.5. The van der Waals surface area contributed by atoms with E-state index in [1.54, 1.807) is 12.1 Å². The molecular formula is C19H17ClFN3O6. The molecule has 0 aliphatic rings. The van der Waals surface area contributed by atoms with E-state index in [1.807, 2.05) is 0 Å². The van der Waals surface area contributed by atoms with E-state index in [0.717, 1.165) is 11.6 Å². The molecule has 0 fully saturated rings. The van der Waals surface area contributed by atoms with Gasteiger partial charge in [0.25, 0.3) is 17.5 Å². The molecule has 2 aromatic rings. The largest absolute Gasteiger partial charge is 0.454 e. The molecular weight excluding hydrogens is 421 g/mol. The zero-order chi connectivity index (χ0) is 22.1. The second-order valence-corrected chi connectivity index (χ2v) is 6.40. The molecule has 9 nitrogen and oxygen atoms in total. The third-order valence-corrected chi connectivity index (χ3v) is 4.13. The van der Waals surface area contributed by atoms with Gasteiger partial charge in [0.05, 0.1) is 4.92 Å². The number of hydrogen-bond donors (Lipinski definition) is 2. The number of nitrogens with zero attached hydrogens (tertiary/aromatic N) is 1. The normalized spacial score (nSPS) is 10.2. The summed E-state index contributed by atoms with van der Waals surface area (Å²) in [5.41, 5.74) is 0.334. The number of esters is 1. The second kappa shape index (κ2) is 10.9. The Kier molecular flexibility index (Phi) is 8.24. The molecule has 0 atom stereocenters. The van der Waals surface area contributed by atoms with E-state index in [9.17, 15) is 28.9 Å². The predicted octanol–water partition coefficient (Wildman–Crippen LogP) is 2.02. The summed E-state index contributed by atoms with van der Waals surface area (Å²) in [6.07, 6.45) is 0.475. The molecule has 0 radical (unpaired) electrons. The highest BCUT2D eigenvalue weighted by Crippen LogP contribution is 2.24.